The summed E-state index contributed by atoms with van der Waals surface area (Å²) in [5.41, 5.74) is 0. The first kappa shape index (κ1) is 15.2. The van der Waals surface area contributed by atoms with Crippen LogP contribution in [0.3, 0.4) is 0 Å². The summed E-state index contributed by atoms with van der Waals surface area (Å²) < 4.78 is 0. The van der Waals surface area contributed by atoms with Gasteiger partial charge in [-0.2, -0.15) is 0 Å². The largest absolute Gasteiger partial charge is 0.312 e. The molecule has 2 atom stereocenters. The first-order chi connectivity index (χ1) is 9.06. The normalized spacial score (nSPS) is 32.7. The van der Waals surface area contributed by atoms with Crippen LogP contribution in [0.2, 0.25) is 0 Å². The topological polar surface area (TPSA) is 21.8 Å². The van der Waals surface area contributed by atoms with Gasteiger partial charge in [-0.25, -0.2) is 0 Å². The summed E-state index contributed by atoms with van der Waals surface area (Å²) in [5, 5.41) is 3.70. The van der Waals surface area contributed by atoms with E-state index in [4.69, 9.17) is 0 Å². The van der Waals surface area contributed by atoms with Gasteiger partial charge in [-0.1, -0.05) is 13.8 Å². The Bertz CT molecular complexity index is 269. The van der Waals surface area contributed by atoms with Crippen molar-refractivity contribution in [3.8, 4) is 0 Å². The van der Waals surface area contributed by atoms with Crippen LogP contribution in [0.15, 0.2) is 0 Å². The molecule has 0 radical (unpaired) electrons. The van der Waals surface area contributed by atoms with Crippen LogP contribution in [0.1, 0.15) is 20.3 Å². The molecule has 2 heterocycles. The highest BCUT2D eigenvalue weighted by atomic mass is 15.3. The maximum atomic E-state index is 3.70. The van der Waals surface area contributed by atoms with Crippen molar-refractivity contribution in [3.63, 3.8) is 0 Å². The third-order valence-electron chi connectivity index (χ3n) is 4.77. The van der Waals surface area contributed by atoms with E-state index in [9.17, 15) is 0 Å². The Morgan fingerprint density at radius 3 is 2.63 bits per heavy atom. The molecule has 19 heavy (non-hydrogen) atoms. The first-order valence-electron chi connectivity index (χ1n) is 7.90. The van der Waals surface area contributed by atoms with Crippen LogP contribution in [0, 0.1) is 5.92 Å². The standard InChI is InChI=1S/C15H32N4/c1-13(2)15-12-19(7-5-6-16-15)11-14-10-17(3)8-9-18(14)4/h13-16H,5-12H2,1-4H3. The van der Waals surface area contributed by atoms with E-state index in [-0.39, 0.29) is 0 Å². The van der Waals surface area contributed by atoms with Crippen LogP contribution in [0.4, 0.5) is 0 Å². The second-order valence-corrected chi connectivity index (χ2v) is 6.81. The van der Waals surface area contributed by atoms with Crippen molar-refractivity contribution in [2.45, 2.75) is 32.4 Å². The molecule has 2 aliphatic rings. The monoisotopic (exact) mass is 268 g/mol. The maximum Gasteiger partial charge on any atom is 0.0347 e. The van der Waals surface area contributed by atoms with Gasteiger partial charge in [-0.3, -0.25) is 4.90 Å². The Morgan fingerprint density at radius 2 is 1.89 bits per heavy atom. The molecular weight excluding hydrogens is 236 g/mol. The number of rotatable bonds is 3. The summed E-state index contributed by atoms with van der Waals surface area (Å²) in [4.78, 5) is 7.70. The molecule has 0 saturated carbocycles. The molecule has 0 amide bonds. The predicted molar refractivity (Wildman–Crippen MR) is 81.6 cm³/mol. The third kappa shape index (κ3) is 4.42. The molecule has 1 N–H and O–H groups in total. The zero-order valence-electron chi connectivity index (χ0n) is 13.2. The zero-order valence-corrected chi connectivity index (χ0v) is 13.2. The van der Waals surface area contributed by atoms with Gasteiger partial charge in [0.15, 0.2) is 0 Å². The van der Waals surface area contributed by atoms with Gasteiger partial charge in [0.2, 0.25) is 0 Å². The fourth-order valence-electron chi connectivity index (χ4n) is 3.23. The number of nitrogens with zero attached hydrogens (tertiary/aromatic N) is 3. The molecule has 0 bridgehead atoms. The fourth-order valence-corrected chi connectivity index (χ4v) is 3.23. The smallest absolute Gasteiger partial charge is 0.0347 e. The van der Waals surface area contributed by atoms with E-state index in [1.165, 1.54) is 52.2 Å². The van der Waals surface area contributed by atoms with E-state index in [2.05, 4.69) is 48.0 Å². The van der Waals surface area contributed by atoms with Crippen molar-refractivity contribution in [1.82, 2.24) is 20.0 Å². The van der Waals surface area contributed by atoms with Gasteiger partial charge in [0.05, 0.1) is 0 Å². The minimum atomic E-state index is 0.661. The van der Waals surface area contributed by atoms with Crippen molar-refractivity contribution in [3.05, 3.63) is 0 Å². The van der Waals surface area contributed by atoms with Crippen LogP contribution in [-0.4, -0.2) is 86.7 Å². The Morgan fingerprint density at radius 1 is 1.11 bits per heavy atom. The van der Waals surface area contributed by atoms with E-state index < -0.39 is 0 Å². The molecule has 0 aromatic carbocycles. The average Bonchev–Trinajstić information content (AvgIpc) is 2.59. The molecule has 2 unspecified atom stereocenters. The lowest BCUT2D eigenvalue weighted by atomic mass is 10.0. The molecule has 4 heteroatoms. The Balaban J connectivity index is 1.89. The molecule has 0 aromatic heterocycles. The molecule has 0 spiro atoms. The second kappa shape index (κ2) is 7.02. The van der Waals surface area contributed by atoms with Crippen LogP contribution in [0.5, 0.6) is 0 Å². The fraction of sp³-hybridized carbons (Fsp3) is 1.00. The lowest BCUT2D eigenvalue weighted by Gasteiger charge is -2.40. The molecular formula is C15H32N4. The summed E-state index contributed by atoms with van der Waals surface area (Å²) >= 11 is 0. The van der Waals surface area contributed by atoms with Crippen LogP contribution in [-0.2, 0) is 0 Å². The van der Waals surface area contributed by atoms with Gasteiger partial charge in [0.25, 0.3) is 0 Å². The van der Waals surface area contributed by atoms with E-state index in [0.717, 1.165) is 5.92 Å². The third-order valence-corrected chi connectivity index (χ3v) is 4.77. The van der Waals surface area contributed by atoms with Gasteiger partial charge in [0, 0.05) is 44.8 Å². The molecule has 0 aliphatic carbocycles. The molecule has 4 nitrogen and oxygen atoms in total. The molecule has 2 saturated heterocycles. The number of nitrogens with one attached hydrogen (secondary N) is 1. The van der Waals surface area contributed by atoms with E-state index in [1.807, 2.05) is 0 Å². The van der Waals surface area contributed by atoms with Gasteiger partial charge >= 0.3 is 0 Å². The van der Waals surface area contributed by atoms with Crippen LogP contribution >= 0.6 is 0 Å². The first-order valence-corrected chi connectivity index (χ1v) is 7.90. The van der Waals surface area contributed by atoms with Gasteiger partial charge < -0.3 is 15.1 Å². The molecule has 2 fully saturated rings. The highest BCUT2D eigenvalue weighted by Crippen LogP contribution is 2.12. The van der Waals surface area contributed by atoms with Crippen molar-refractivity contribution >= 4 is 0 Å². The number of likely N-dealkylation sites (N-methyl/N-ethyl adjacent to an activating group) is 2. The highest BCUT2D eigenvalue weighted by Gasteiger charge is 2.27. The lowest BCUT2D eigenvalue weighted by molar-refractivity contribution is 0.0802. The van der Waals surface area contributed by atoms with Crippen molar-refractivity contribution in [2.24, 2.45) is 5.92 Å². The molecule has 112 valence electrons. The Kier molecular flexibility index (Phi) is 5.63. The quantitative estimate of drug-likeness (QED) is 0.807. The van der Waals surface area contributed by atoms with E-state index in [1.54, 1.807) is 0 Å². The molecule has 0 aromatic rings. The predicted octanol–water partition coefficient (Wildman–Crippen LogP) is 0.552. The Labute approximate surface area is 119 Å². The lowest BCUT2D eigenvalue weighted by Crippen LogP contribution is -2.55. The summed E-state index contributed by atoms with van der Waals surface area (Å²) in [6.45, 7) is 13.2. The van der Waals surface area contributed by atoms with Crippen LogP contribution < -0.4 is 5.32 Å². The minimum absolute atomic E-state index is 0.661. The van der Waals surface area contributed by atoms with E-state index >= 15 is 0 Å². The van der Waals surface area contributed by atoms with Gasteiger partial charge in [-0.05, 0) is 39.5 Å². The van der Waals surface area contributed by atoms with Crippen LogP contribution in [0.25, 0.3) is 0 Å². The summed E-state index contributed by atoms with van der Waals surface area (Å²) in [5.74, 6) is 0.729. The number of hydrogen-bond donors (Lipinski definition) is 1. The summed E-state index contributed by atoms with van der Waals surface area (Å²) in [6, 6.07) is 1.36. The zero-order chi connectivity index (χ0) is 13.8. The maximum absolute atomic E-state index is 3.70. The Hall–Kier alpha value is -0.160. The minimum Gasteiger partial charge on any atom is -0.312 e. The number of piperazine rings is 1. The van der Waals surface area contributed by atoms with Crippen molar-refractivity contribution < 1.29 is 0 Å². The highest BCUT2D eigenvalue weighted by molar-refractivity contribution is 4.85. The van der Waals surface area contributed by atoms with Crippen molar-refractivity contribution in [2.75, 3.05) is 59.9 Å². The van der Waals surface area contributed by atoms with Gasteiger partial charge in [-0.15, -0.1) is 0 Å². The average molecular weight is 268 g/mol. The summed E-state index contributed by atoms with van der Waals surface area (Å²) in [7, 11) is 4.54. The molecule has 2 rings (SSSR count). The summed E-state index contributed by atoms with van der Waals surface area (Å²) in [6.07, 6.45) is 1.29. The van der Waals surface area contributed by atoms with Crippen molar-refractivity contribution in [1.29, 1.82) is 0 Å². The second-order valence-electron chi connectivity index (χ2n) is 6.81. The van der Waals surface area contributed by atoms with E-state index in [0.29, 0.717) is 12.1 Å². The molecule has 2 aliphatic heterocycles. The van der Waals surface area contributed by atoms with Gasteiger partial charge in [0.1, 0.15) is 0 Å². The number of hydrogen-bond acceptors (Lipinski definition) is 4. The SMILES string of the molecule is CC(C)C1CN(CC2CN(C)CCN2C)CCCN1.